The molecule has 0 saturated carbocycles. The zero-order valence-electron chi connectivity index (χ0n) is 13.3. The van der Waals surface area contributed by atoms with Crippen LogP contribution in [0.5, 0.6) is 11.5 Å². The minimum absolute atomic E-state index is 0.0283. The number of methoxy groups -OCH3 is 1. The second kappa shape index (κ2) is 5.76. The standard InChI is InChI=1S/C16H21N3O2S/c1-16(2,3)14-18-15(22-19-14)17-11-8-10-6-5-7-12(20-4)13(10)21-9-11/h5-7,11H,8-9H2,1-4H3,(H,17,18,19). The molecule has 3 rings (SSSR count). The van der Waals surface area contributed by atoms with E-state index in [-0.39, 0.29) is 11.5 Å². The molecule has 1 aromatic heterocycles. The Kier molecular flexibility index (Phi) is 3.95. The van der Waals surface area contributed by atoms with E-state index in [0.29, 0.717) is 6.61 Å². The number of nitrogens with zero attached hydrogens (tertiary/aromatic N) is 2. The molecule has 1 aliphatic heterocycles. The highest BCUT2D eigenvalue weighted by molar-refractivity contribution is 7.09. The average Bonchev–Trinajstić information content (AvgIpc) is 2.95. The number of fused-ring (bicyclic) bond motifs is 1. The molecule has 0 radical (unpaired) electrons. The fourth-order valence-corrected chi connectivity index (χ4v) is 3.24. The fraction of sp³-hybridized carbons (Fsp3) is 0.500. The van der Waals surface area contributed by atoms with E-state index in [0.717, 1.165) is 34.4 Å². The van der Waals surface area contributed by atoms with Crippen molar-refractivity contribution in [2.75, 3.05) is 19.0 Å². The lowest BCUT2D eigenvalue weighted by atomic mass is 9.96. The van der Waals surface area contributed by atoms with Gasteiger partial charge < -0.3 is 14.8 Å². The molecular formula is C16H21N3O2S. The molecule has 0 spiro atoms. The summed E-state index contributed by atoms with van der Waals surface area (Å²) in [6, 6.07) is 6.19. The van der Waals surface area contributed by atoms with Crippen LogP contribution < -0.4 is 14.8 Å². The summed E-state index contributed by atoms with van der Waals surface area (Å²) in [7, 11) is 1.67. The van der Waals surface area contributed by atoms with E-state index in [2.05, 4.69) is 41.5 Å². The minimum atomic E-state index is -0.0283. The van der Waals surface area contributed by atoms with Gasteiger partial charge in [-0.2, -0.15) is 4.37 Å². The summed E-state index contributed by atoms with van der Waals surface area (Å²) in [4.78, 5) is 4.58. The van der Waals surface area contributed by atoms with Crippen molar-refractivity contribution in [1.82, 2.24) is 9.36 Å². The molecule has 118 valence electrons. The molecule has 0 fully saturated rings. The third kappa shape index (κ3) is 3.02. The first-order valence-electron chi connectivity index (χ1n) is 7.37. The Morgan fingerprint density at radius 3 is 2.86 bits per heavy atom. The molecule has 1 aromatic carbocycles. The largest absolute Gasteiger partial charge is 0.493 e. The molecule has 1 aliphatic rings. The lowest BCUT2D eigenvalue weighted by molar-refractivity contribution is 0.256. The number of ether oxygens (including phenoxy) is 2. The SMILES string of the molecule is COc1cccc2c1OCC(Nc1nc(C(C)(C)C)ns1)C2. The number of nitrogens with one attached hydrogen (secondary N) is 1. The van der Waals surface area contributed by atoms with Gasteiger partial charge in [-0.25, -0.2) is 4.98 Å². The maximum absolute atomic E-state index is 5.87. The Bertz CT molecular complexity index is 664. The summed E-state index contributed by atoms with van der Waals surface area (Å²) in [6.07, 6.45) is 0.886. The average molecular weight is 319 g/mol. The lowest BCUT2D eigenvalue weighted by Crippen LogP contribution is -2.33. The maximum atomic E-state index is 5.87. The number of benzene rings is 1. The Balaban J connectivity index is 1.72. The summed E-state index contributed by atoms with van der Waals surface area (Å²) in [5.41, 5.74) is 1.13. The van der Waals surface area contributed by atoms with Gasteiger partial charge in [-0.1, -0.05) is 32.9 Å². The van der Waals surface area contributed by atoms with Crippen LogP contribution in [0, 0.1) is 0 Å². The first-order chi connectivity index (χ1) is 10.5. The molecule has 6 heteroatoms. The molecule has 0 saturated heterocycles. The van der Waals surface area contributed by atoms with E-state index in [1.807, 2.05) is 12.1 Å². The van der Waals surface area contributed by atoms with Gasteiger partial charge in [0.05, 0.1) is 13.2 Å². The zero-order chi connectivity index (χ0) is 15.7. The van der Waals surface area contributed by atoms with Gasteiger partial charge in [-0.05, 0) is 12.5 Å². The molecule has 2 aromatic rings. The van der Waals surface area contributed by atoms with Gasteiger partial charge >= 0.3 is 0 Å². The van der Waals surface area contributed by atoms with Crippen LogP contribution in [-0.2, 0) is 11.8 Å². The predicted molar refractivity (Wildman–Crippen MR) is 88.2 cm³/mol. The van der Waals surface area contributed by atoms with Crippen molar-refractivity contribution in [3.63, 3.8) is 0 Å². The van der Waals surface area contributed by atoms with Crippen LogP contribution in [0.25, 0.3) is 0 Å². The highest BCUT2D eigenvalue weighted by atomic mass is 32.1. The second-order valence-electron chi connectivity index (χ2n) is 6.48. The summed E-state index contributed by atoms with van der Waals surface area (Å²) >= 11 is 1.41. The molecular weight excluding hydrogens is 298 g/mol. The Morgan fingerprint density at radius 2 is 2.18 bits per heavy atom. The van der Waals surface area contributed by atoms with E-state index in [1.165, 1.54) is 11.5 Å². The van der Waals surface area contributed by atoms with Crippen LogP contribution in [0.4, 0.5) is 5.13 Å². The summed E-state index contributed by atoms with van der Waals surface area (Å²) in [5.74, 6) is 2.52. The highest BCUT2D eigenvalue weighted by Crippen LogP contribution is 2.35. The maximum Gasteiger partial charge on any atom is 0.202 e. The van der Waals surface area contributed by atoms with Crippen molar-refractivity contribution in [3.05, 3.63) is 29.6 Å². The van der Waals surface area contributed by atoms with Crippen LogP contribution in [0.1, 0.15) is 32.2 Å². The molecule has 5 nitrogen and oxygen atoms in total. The van der Waals surface area contributed by atoms with E-state index in [9.17, 15) is 0 Å². The number of hydrogen-bond acceptors (Lipinski definition) is 6. The predicted octanol–water partition coefficient (Wildman–Crippen LogP) is 3.26. The molecule has 1 atom stereocenters. The molecule has 2 heterocycles. The monoisotopic (exact) mass is 319 g/mol. The van der Waals surface area contributed by atoms with Crippen LogP contribution in [-0.4, -0.2) is 29.1 Å². The third-order valence-corrected chi connectivity index (χ3v) is 4.25. The van der Waals surface area contributed by atoms with Gasteiger partial charge in [0, 0.05) is 22.5 Å². The summed E-state index contributed by atoms with van der Waals surface area (Å²) in [6.45, 7) is 6.94. The van der Waals surface area contributed by atoms with Gasteiger partial charge in [-0.15, -0.1) is 0 Å². The van der Waals surface area contributed by atoms with Crippen molar-refractivity contribution in [2.24, 2.45) is 0 Å². The van der Waals surface area contributed by atoms with Gasteiger partial charge in [0.2, 0.25) is 5.13 Å². The topological polar surface area (TPSA) is 56.3 Å². The first kappa shape index (κ1) is 15.1. The molecule has 0 bridgehead atoms. The summed E-state index contributed by atoms with van der Waals surface area (Å²) in [5, 5.41) is 4.28. The molecule has 0 aliphatic carbocycles. The van der Waals surface area contributed by atoms with E-state index in [1.54, 1.807) is 7.11 Å². The molecule has 1 N–H and O–H groups in total. The van der Waals surface area contributed by atoms with Crippen molar-refractivity contribution in [3.8, 4) is 11.5 Å². The van der Waals surface area contributed by atoms with E-state index >= 15 is 0 Å². The second-order valence-corrected chi connectivity index (χ2v) is 7.23. The normalized spacial score (nSPS) is 17.5. The van der Waals surface area contributed by atoms with Gasteiger partial charge in [0.25, 0.3) is 0 Å². The van der Waals surface area contributed by atoms with Gasteiger partial charge in [0.15, 0.2) is 11.5 Å². The molecule has 22 heavy (non-hydrogen) atoms. The van der Waals surface area contributed by atoms with Gasteiger partial charge in [0.1, 0.15) is 12.4 Å². The number of aromatic nitrogens is 2. The molecule has 1 unspecified atom stereocenters. The van der Waals surface area contributed by atoms with E-state index in [4.69, 9.17) is 9.47 Å². The van der Waals surface area contributed by atoms with Crippen molar-refractivity contribution >= 4 is 16.7 Å². The van der Waals surface area contributed by atoms with E-state index < -0.39 is 0 Å². The highest BCUT2D eigenvalue weighted by Gasteiger charge is 2.25. The smallest absolute Gasteiger partial charge is 0.202 e. The number of rotatable bonds is 3. The summed E-state index contributed by atoms with van der Waals surface area (Å²) < 4.78 is 15.6. The van der Waals surface area contributed by atoms with Crippen LogP contribution in [0.2, 0.25) is 0 Å². The van der Waals surface area contributed by atoms with Crippen molar-refractivity contribution in [2.45, 2.75) is 38.6 Å². The Morgan fingerprint density at radius 1 is 1.36 bits per heavy atom. The number of anilines is 1. The van der Waals surface area contributed by atoms with Gasteiger partial charge in [-0.3, -0.25) is 0 Å². The van der Waals surface area contributed by atoms with Crippen molar-refractivity contribution in [1.29, 1.82) is 0 Å². The third-order valence-electron chi connectivity index (χ3n) is 3.60. The Labute approximate surface area is 134 Å². The van der Waals surface area contributed by atoms with Crippen LogP contribution in [0.15, 0.2) is 18.2 Å². The number of hydrogen-bond donors (Lipinski definition) is 1. The van der Waals surface area contributed by atoms with Crippen LogP contribution in [0.3, 0.4) is 0 Å². The zero-order valence-corrected chi connectivity index (χ0v) is 14.2. The fourth-order valence-electron chi connectivity index (χ4n) is 2.41. The minimum Gasteiger partial charge on any atom is -0.493 e. The number of para-hydroxylation sites is 1. The van der Waals surface area contributed by atoms with Crippen molar-refractivity contribution < 1.29 is 9.47 Å². The lowest BCUT2D eigenvalue weighted by Gasteiger charge is -2.26. The van der Waals surface area contributed by atoms with Crippen LogP contribution >= 0.6 is 11.5 Å². The quantitative estimate of drug-likeness (QED) is 0.941. The molecule has 0 amide bonds. The first-order valence-corrected chi connectivity index (χ1v) is 8.14. The Hall–Kier alpha value is -1.82.